The van der Waals surface area contributed by atoms with Gasteiger partial charge in [-0.3, -0.25) is 0 Å². The Morgan fingerprint density at radius 2 is 1.07 bits per heavy atom. The van der Waals surface area contributed by atoms with Gasteiger partial charge in [0.1, 0.15) is 36.4 Å². The number of rotatable bonds is 15. The van der Waals surface area contributed by atoms with Gasteiger partial charge >= 0.3 is 57.4 Å². The molecule has 2 unspecified atom stereocenters. The Morgan fingerprint density at radius 3 is 1.43 bits per heavy atom. The van der Waals surface area contributed by atoms with Crippen molar-refractivity contribution in [2.24, 2.45) is 0 Å². The SMILES string of the molecule is C.CCOC(=O)/C(=C/c1cc(C)c(OCc2ccccc2)c(C)c1)OC1CCCCO1.Cc1cc(/C=C(\OC2CCCCO2)C(=O)[O-])cc(C)c1OCc1ccccc1.[2HH].[K+]. The Bertz CT molecular complexity index is 1960. The molecule has 0 amide bonds. The average Bonchev–Trinajstić information content (AvgIpc) is 3.21. The zero-order valence-corrected chi connectivity index (χ0v) is 38.4. The van der Waals surface area contributed by atoms with Crippen molar-refractivity contribution in [1.82, 2.24) is 0 Å². The van der Waals surface area contributed by atoms with Crippen LogP contribution in [0.3, 0.4) is 0 Å². The van der Waals surface area contributed by atoms with Crippen molar-refractivity contribution >= 4 is 24.1 Å². The number of carboxylic acids is 1. The molecule has 0 radical (unpaired) electrons. The van der Waals surface area contributed by atoms with Gasteiger partial charge in [0.05, 0.1) is 19.8 Å². The van der Waals surface area contributed by atoms with Crippen LogP contribution in [0.4, 0.5) is 0 Å². The number of aryl methyl sites for hydroxylation is 4. The Balaban J connectivity index is 0.000000401. The fourth-order valence-corrected chi connectivity index (χ4v) is 6.73. The second-order valence-corrected chi connectivity index (χ2v) is 14.4. The van der Waals surface area contributed by atoms with E-state index in [1.165, 1.54) is 6.08 Å². The Morgan fingerprint density at radius 1 is 0.667 bits per heavy atom. The van der Waals surface area contributed by atoms with Crippen LogP contribution in [-0.4, -0.2) is 44.3 Å². The molecule has 0 aliphatic carbocycles. The molecule has 0 aromatic heterocycles. The normalized spacial score (nSPS) is 16.4. The molecule has 60 heavy (non-hydrogen) atoms. The van der Waals surface area contributed by atoms with Gasteiger partial charge in [0, 0.05) is 14.3 Å². The zero-order chi connectivity index (χ0) is 41.3. The quantitative estimate of drug-likeness (QED) is 0.0551. The number of esters is 1. The summed E-state index contributed by atoms with van der Waals surface area (Å²) in [6.07, 6.45) is 7.65. The molecule has 2 saturated heterocycles. The third kappa shape index (κ3) is 16.2. The van der Waals surface area contributed by atoms with E-state index in [1.807, 2.05) is 113 Å². The number of benzene rings is 4. The smallest absolute Gasteiger partial charge is 0.542 e. The molecule has 318 valence electrons. The van der Waals surface area contributed by atoms with Gasteiger partial charge in [0.25, 0.3) is 0 Å². The molecule has 0 spiro atoms. The van der Waals surface area contributed by atoms with E-state index in [9.17, 15) is 14.7 Å². The van der Waals surface area contributed by atoms with Crippen LogP contribution >= 0.6 is 0 Å². The van der Waals surface area contributed by atoms with E-state index >= 15 is 0 Å². The number of carboxylic acid groups (broad SMARTS) is 1. The summed E-state index contributed by atoms with van der Waals surface area (Å²) in [5.41, 5.74) is 7.62. The molecule has 0 saturated carbocycles. The van der Waals surface area contributed by atoms with E-state index in [2.05, 4.69) is 0 Å². The number of carbonyl (C=O) groups is 2. The van der Waals surface area contributed by atoms with Crippen LogP contribution in [0.25, 0.3) is 12.2 Å². The number of ether oxygens (including phenoxy) is 7. The first-order chi connectivity index (χ1) is 28.1. The summed E-state index contributed by atoms with van der Waals surface area (Å²) in [6.45, 7) is 12.2. The van der Waals surface area contributed by atoms with Crippen LogP contribution in [0.2, 0.25) is 0 Å². The molecule has 6 rings (SSSR count). The van der Waals surface area contributed by atoms with Gasteiger partial charge in [0.15, 0.2) is 12.6 Å². The third-order valence-electron chi connectivity index (χ3n) is 9.48. The van der Waals surface area contributed by atoms with E-state index < -0.39 is 24.5 Å². The average molecular weight is 850 g/mol. The fraction of sp³-hybridized carbons (Fsp3) is 0.388. The minimum Gasteiger partial charge on any atom is -0.542 e. The molecule has 2 heterocycles. The van der Waals surface area contributed by atoms with Crippen LogP contribution in [0.5, 0.6) is 11.5 Å². The van der Waals surface area contributed by atoms with Crippen molar-refractivity contribution in [3.8, 4) is 11.5 Å². The topological polar surface area (TPSA) is 122 Å². The predicted molar refractivity (Wildman–Crippen MR) is 229 cm³/mol. The second-order valence-electron chi connectivity index (χ2n) is 14.4. The van der Waals surface area contributed by atoms with Crippen LogP contribution in [0, 0.1) is 27.7 Å². The summed E-state index contributed by atoms with van der Waals surface area (Å²) >= 11 is 0. The largest absolute Gasteiger partial charge is 1.00 e. The Labute approximate surface area is 400 Å². The molecular weight excluding hydrogens is 788 g/mol. The minimum atomic E-state index is -1.35. The number of hydrogen-bond acceptors (Lipinski definition) is 10. The summed E-state index contributed by atoms with van der Waals surface area (Å²) < 4.78 is 39.7. The summed E-state index contributed by atoms with van der Waals surface area (Å²) in [6, 6.07) is 27.7. The summed E-state index contributed by atoms with van der Waals surface area (Å²) in [4.78, 5) is 23.9. The van der Waals surface area contributed by atoms with E-state index in [-0.39, 0.29) is 78.4 Å². The molecule has 0 bridgehead atoms. The number of hydrogen-bond donors (Lipinski definition) is 0. The molecule has 2 fully saturated rings. The van der Waals surface area contributed by atoms with E-state index in [0.717, 1.165) is 88.1 Å². The van der Waals surface area contributed by atoms with Crippen LogP contribution in [0.15, 0.2) is 96.4 Å². The van der Waals surface area contributed by atoms with Gasteiger partial charge in [-0.1, -0.05) is 68.1 Å². The van der Waals surface area contributed by atoms with Crippen LogP contribution in [-0.2, 0) is 46.5 Å². The first-order valence-electron chi connectivity index (χ1n) is 20.0. The van der Waals surface area contributed by atoms with Gasteiger partial charge in [-0.15, -0.1) is 0 Å². The van der Waals surface area contributed by atoms with Gasteiger partial charge in [-0.2, -0.15) is 0 Å². The molecule has 0 N–H and O–H groups in total. The predicted octanol–water partition coefficient (Wildman–Crippen LogP) is 6.73. The molecule has 2 atom stereocenters. The van der Waals surface area contributed by atoms with Crippen molar-refractivity contribution in [3.63, 3.8) is 0 Å². The molecule has 10 nitrogen and oxygen atoms in total. The van der Waals surface area contributed by atoms with E-state index in [1.54, 1.807) is 13.0 Å². The Hall–Kier alpha value is -3.94. The zero-order valence-electron chi connectivity index (χ0n) is 35.3. The molecule has 4 aromatic carbocycles. The van der Waals surface area contributed by atoms with Gasteiger partial charge < -0.3 is 43.1 Å². The maximum absolute atomic E-state index is 12.4. The Kier molecular flexibility index (Phi) is 22.2. The first kappa shape index (κ1) is 50.4. The monoisotopic (exact) mass is 849 g/mol. The van der Waals surface area contributed by atoms with Crippen LogP contribution < -0.4 is 66.0 Å². The van der Waals surface area contributed by atoms with Gasteiger partial charge in [-0.05, 0) is 141 Å². The summed E-state index contributed by atoms with van der Waals surface area (Å²) in [5.74, 6) is -0.234. The van der Waals surface area contributed by atoms with Crippen molar-refractivity contribution in [3.05, 3.63) is 141 Å². The summed E-state index contributed by atoms with van der Waals surface area (Å²) in [5, 5.41) is 11.5. The second kappa shape index (κ2) is 26.4. The van der Waals surface area contributed by atoms with E-state index in [0.29, 0.717) is 32.8 Å². The van der Waals surface area contributed by atoms with Crippen molar-refractivity contribution in [2.45, 2.75) is 106 Å². The number of carbonyl (C=O) groups excluding carboxylic acids is 2. The van der Waals surface area contributed by atoms with E-state index in [4.69, 9.17) is 33.2 Å². The third-order valence-corrected chi connectivity index (χ3v) is 9.48. The molecular formula is C49H61KO10. The maximum atomic E-state index is 12.4. The van der Waals surface area contributed by atoms with Crippen molar-refractivity contribution in [1.29, 1.82) is 0 Å². The first-order valence-corrected chi connectivity index (χ1v) is 20.0. The molecule has 2 aliphatic heterocycles. The van der Waals surface area contributed by atoms with Gasteiger partial charge in [-0.25, -0.2) is 4.79 Å². The maximum Gasteiger partial charge on any atom is 1.00 e. The molecule has 11 heteroatoms. The standard InChI is InChI=1S/C25H30O5.C23H26O5.CH4.K.H2/c1-4-27-25(26)22(30-23-12-8-9-13-28-23)16-21-14-18(2)24(19(3)15-21)29-17-20-10-6-5-7-11-20;1-16-12-19(14-20(23(24)25)28-21-10-6-7-11-26-21)13-17(2)22(16)27-15-18-8-4-3-5-9-18;;;/h5-7,10-11,14-16,23H,4,8-9,12-13,17H2,1-3H3;3-5,8-9,12-14,21H,6-7,10-11,15H2,1-2H3,(H,24,25);1H4;;1H/q;;;+1;/p-1/b22-16-;20-14-;;;/i;;;;1+1. The molecule has 4 aromatic rings. The summed E-state index contributed by atoms with van der Waals surface area (Å²) in [7, 11) is 0. The molecule has 2 aliphatic rings. The number of aliphatic carboxylic acids is 1. The van der Waals surface area contributed by atoms with Crippen LogP contribution in [0.1, 0.15) is 98.8 Å². The van der Waals surface area contributed by atoms with Crippen molar-refractivity contribution in [2.75, 3.05) is 19.8 Å². The van der Waals surface area contributed by atoms with Crippen molar-refractivity contribution < 1.29 is 101 Å². The fourth-order valence-electron chi connectivity index (χ4n) is 6.73. The van der Waals surface area contributed by atoms with Gasteiger partial charge in [0.2, 0.25) is 5.76 Å². The minimum absolute atomic E-state index is 0.